The first-order chi connectivity index (χ1) is 36.6. The number of likely N-dealkylation sites (tertiary alicyclic amines) is 2. The van der Waals surface area contributed by atoms with Gasteiger partial charge in [-0.15, -0.1) is 0 Å². The van der Waals surface area contributed by atoms with E-state index in [2.05, 4.69) is 35.2 Å². The predicted octanol–water partition coefficient (Wildman–Crippen LogP) is 7.38. The van der Waals surface area contributed by atoms with Crippen LogP contribution in [0.15, 0.2) is 42.6 Å². The Morgan fingerprint density at radius 2 is 1.53 bits per heavy atom. The summed E-state index contributed by atoms with van der Waals surface area (Å²) in [6.07, 6.45) is 10.6. The van der Waals surface area contributed by atoms with Crippen molar-refractivity contribution in [2.45, 2.75) is 107 Å². The van der Waals surface area contributed by atoms with E-state index in [4.69, 9.17) is 14.7 Å². The van der Waals surface area contributed by atoms with Crippen LogP contribution in [0, 0.1) is 34.1 Å². The number of amides is 2. The van der Waals surface area contributed by atoms with Gasteiger partial charge >= 0.3 is 6.01 Å². The highest BCUT2D eigenvalue weighted by molar-refractivity contribution is 6.02. The number of aryl methyl sites for hydroxylation is 1. The van der Waals surface area contributed by atoms with Gasteiger partial charge in [0.25, 0.3) is 0 Å². The van der Waals surface area contributed by atoms with Gasteiger partial charge in [-0.1, -0.05) is 13.0 Å². The van der Waals surface area contributed by atoms with Gasteiger partial charge in [0.1, 0.15) is 45.9 Å². The van der Waals surface area contributed by atoms with E-state index in [1.165, 1.54) is 24.3 Å². The number of imide groups is 1. The largest absolute Gasteiger partial charge is 0.508 e. The Labute approximate surface area is 438 Å². The number of phenols is 1. The molecule has 8 fully saturated rings. The van der Waals surface area contributed by atoms with E-state index in [0.717, 1.165) is 71.0 Å². The molecule has 3 aromatic carbocycles. The van der Waals surface area contributed by atoms with E-state index in [1.54, 1.807) is 18.3 Å². The Bertz CT molecular complexity index is 3100. The number of benzene rings is 3. The number of alkyl halides is 1. The normalized spacial score (nSPS) is 25.5. The second-order valence-corrected chi connectivity index (χ2v) is 23.8. The molecule has 2 aliphatic carbocycles. The highest BCUT2D eigenvalue weighted by atomic mass is 19.2. The molecule has 13 rings (SSSR count). The Hall–Kier alpha value is -5.76. The number of carbonyl (C=O) groups is 2. The number of piperazine rings is 2. The van der Waals surface area contributed by atoms with Crippen molar-refractivity contribution < 1.29 is 41.4 Å². The summed E-state index contributed by atoms with van der Waals surface area (Å²) >= 11 is 0. The maximum atomic E-state index is 17.2. The number of hydrogen-bond donors (Lipinski definition) is 3. The first-order valence-electron chi connectivity index (χ1n) is 27.5. The number of ether oxygens (including phenoxy) is 1. The van der Waals surface area contributed by atoms with Crippen molar-refractivity contribution in [2.24, 2.45) is 10.8 Å². The maximum absolute atomic E-state index is 17.2. The van der Waals surface area contributed by atoms with Gasteiger partial charge in [0.2, 0.25) is 11.8 Å². The molecule has 6 saturated heterocycles. The third-order valence-corrected chi connectivity index (χ3v) is 18.6. The number of fused-ring (bicyclic) bond motifs is 4. The van der Waals surface area contributed by atoms with Crippen LogP contribution in [0.25, 0.3) is 32.9 Å². The lowest BCUT2D eigenvalue weighted by Gasteiger charge is -2.60. The smallest absolute Gasteiger partial charge is 0.319 e. The number of aromatic hydroxyl groups is 1. The summed E-state index contributed by atoms with van der Waals surface area (Å²) in [6.45, 7) is 9.85. The number of halogens is 5. The van der Waals surface area contributed by atoms with E-state index in [1.807, 2.05) is 11.8 Å². The molecule has 76 heavy (non-hydrogen) atoms. The Balaban J connectivity index is 0.610. The molecular weight excluding hydrogens is 984 g/mol. The zero-order valence-corrected chi connectivity index (χ0v) is 43.0. The van der Waals surface area contributed by atoms with Gasteiger partial charge in [-0.25, -0.2) is 22.0 Å². The van der Waals surface area contributed by atoms with Crippen molar-refractivity contribution in [3.05, 3.63) is 77.0 Å². The van der Waals surface area contributed by atoms with Gasteiger partial charge in [-0.3, -0.25) is 29.7 Å². The third kappa shape index (κ3) is 9.19. The van der Waals surface area contributed by atoms with Crippen LogP contribution in [-0.4, -0.2) is 156 Å². The molecule has 14 nitrogen and oxygen atoms in total. The Morgan fingerprint density at radius 1 is 0.816 bits per heavy atom. The first kappa shape index (κ1) is 49.8. The van der Waals surface area contributed by atoms with Crippen molar-refractivity contribution in [1.29, 1.82) is 0 Å². The molecular formula is C57H65F5N10O4. The zero-order chi connectivity index (χ0) is 52.3. The summed E-state index contributed by atoms with van der Waals surface area (Å²) in [5, 5.41) is 18.2. The van der Waals surface area contributed by atoms with Crippen LogP contribution < -0.4 is 25.2 Å². The molecule has 2 saturated carbocycles. The van der Waals surface area contributed by atoms with E-state index < -0.39 is 46.7 Å². The van der Waals surface area contributed by atoms with Crippen LogP contribution >= 0.6 is 0 Å². The van der Waals surface area contributed by atoms with Crippen LogP contribution in [0.3, 0.4) is 0 Å². The van der Waals surface area contributed by atoms with Crippen molar-refractivity contribution >= 4 is 45.0 Å². The molecule has 5 aromatic rings. The van der Waals surface area contributed by atoms with E-state index in [9.17, 15) is 14.7 Å². The highest BCUT2D eigenvalue weighted by Crippen LogP contribution is 2.54. The average Bonchev–Trinajstić information content (AvgIpc) is 4.19. The molecule has 402 valence electrons. The molecule has 0 radical (unpaired) electrons. The number of pyridine rings is 1. The summed E-state index contributed by atoms with van der Waals surface area (Å²) in [5.41, 5.74) is -0.214. The molecule has 1 spiro atoms. The van der Waals surface area contributed by atoms with Gasteiger partial charge in [0, 0.05) is 118 Å². The van der Waals surface area contributed by atoms with Crippen molar-refractivity contribution in [2.75, 3.05) is 94.9 Å². The third-order valence-electron chi connectivity index (χ3n) is 18.6. The van der Waals surface area contributed by atoms with Crippen LogP contribution in [0.2, 0.25) is 0 Å². The average molecular weight is 1050 g/mol. The number of rotatable bonds is 13. The fraction of sp³-hybridized carbons (Fsp3) is 0.561. The summed E-state index contributed by atoms with van der Waals surface area (Å²) < 4.78 is 85.6. The predicted molar refractivity (Wildman–Crippen MR) is 277 cm³/mol. The van der Waals surface area contributed by atoms with Crippen molar-refractivity contribution in [1.82, 2.24) is 40.3 Å². The van der Waals surface area contributed by atoms with Crippen LogP contribution in [-0.2, 0) is 16.0 Å². The van der Waals surface area contributed by atoms with Gasteiger partial charge in [0.05, 0.1) is 17.9 Å². The SMILES string of the molecule is CCc1c(F)ccc2cc(O)cc(-c3ncc4c(N5CC6CCC(C5)N6)nc(OCC5(CN6CCC7(CC6)CC(N6CC(F)(CN8CCN(c9cc(F)c(C%10CCC(=O)NC%10=O)c(F)c9)CC8)C6)C7)CC5)nc4c3F)c12. The van der Waals surface area contributed by atoms with Crippen molar-refractivity contribution in [3.8, 4) is 23.0 Å². The van der Waals surface area contributed by atoms with Gasteiger partial charge < -0.3 is 29.9 Å². The lowest BCUT2D eigenvalue weighted by Crippen LogP contribution is -2.70. The monoisotopic (exact) mass is 1050 g/mol. The number of nitrogens with zero attached hydrogens (tertiary/aromatic N) is 8. The number of nitrogens with one attached hydrogen (secondary N) is 2. The quantitative estimate of drug-likeness (QED) is 0.0799. The first-order valence-corrected chi connectivity index (χ1v) is 27.5. The van der Waals surface area contributed by atoms with Crippen LogP contribution in [0.4, 0.5) is 33.5 Å². The molecule has 6 aliphatic heterocycles. The van der Waals surface area contributed by atoms with Gasteiger partial charge in [-0.05, 0) is 129 Å². The number of phenolic OH excluding ortho intramolecular Hbond substituents is 1. The van der Waals surface area contributed by atoms with Gasteiger partial charge in [-0.2, -0.15) is 9.97 Å². The minimum absolute atomic E-state index is 0.0239. The molecule has 3 N–H and O–H groups in total. The zero-order valence-electron chi connectivity index (χ0n) is 43.0. The lowest BCUT2D eigenvalue weighted by molar-refractivity contribution is -0.134. The van der Waals surface area contributed by atoms with Crippen molar-refractivity contribution in [3.63, 3.8) is 0 Å². The number of hydrogen-bond acceptors (Lipinski definition) is 13. The summed E-state index contributed by atoms with van der Waals surface area (Å²) in [6, 6.07) is 9.58. The van der Waals surface area contributed by atoms with Gasteiger partial charge in [0.15, 0.2) is 5.82 Å². The summed E-state index contributed by atoms with van der Waals surface area (Å²) in [5.74, 6) is -4.34. The summed E-state index contributed by atoms with van der Waals surface area (Å²) in [7, 11) is 0. The molecule has 8 heterocycles. The molecule has 2 aromatic heterocycles. The Morgan fingerprint density at radius 3 is 2.21 bits per heavy atom. The minimum Gasteiger partial charge on any atom is -0.508 e. The molecule has 19 heteroatoms. The Kier molecular flexibility index (Phi) is 12.5. The van der Waals surface area contributed by atoms with E-state index in [-0.39, 0.29) is 52.2 Å². The fourth-order valence-corrected chi connectivity index (χ4v) is 14.2. The lowest BCUT2D eigenvalue weighted by atomic mass is 9.59. The van der Waals surface area contributed by atoms with Crippen LogP contribution in [0.5, 0.6) is 11.8 Å². The van der Waals surface area contributed by atoms with E-state index in [0.29, 0.717) is 129 Å². The second kappa shape index (κ2) is 19.0. The summed E-state index contributed by atoms with van der Waals surface area (Å²) in [4.78, 5) is 49.3. The molecule has 8 aliphatic rings. The van der Waals surface area contributed by atoms with Crippen LogP contribution in [0.1, 0.15) is 88.2 Å². The highest BCUT2D eigenvalue weighted by Gasteiger charge is 2.55. The molecule has 2 bridgehead atoms. The molecule has 3 atom stereocenters. The topological polar surface area (TPSA) is 143 Å². The number of aromatic nitrogens is 3. The minimum atomic E-state index is -1.29. The molecule has 3 unspecified atom stereocenters. The number of anilines is 2. The fourth-order valence-electron chi connectivity index (χ4n) is 14.2. The van der Waals surface area contributed by atoms with E-state index >= 15 is 22.0 Å². The molecule has 2 amide bonds. The maximum Gasteiger partial charge on any atom is 0.319 e. The standard InChI is InChI=1S/C57H65F5N10O4/c1-2-39-43(58)7-3-33-19-38(73)22-41(47(33)39)50-49(61)51-42(25-63-50)52(71-26-34-4-5-35(27-71)64-34)67-54(66-51)76-32-56(9-10-56)28-68-13-11-55(12-14-68)23-37(24-55)72-30-57(62,31-72)29-69-15-17-70(18-16-69)36-20-44(59)48(45(60)21-36)40-6-8-46(74)65-53(40)75/h3,7,19-22,25,34-35,37,40,64,73H,2,4-6,8-18,23-24,26-32H2,1H3,(H,65,74,75). The number of carbonyl (C=O) groups excluding carboxylic acids is 2. The number of piperidine rings is 2. The second-order valence-electron chi connectivity index (χ2n) is 23.8.